The zero-order valence-electron chi connectivity index (χ0n) is 16.4. The van der Waals surface area contributed by atoms with Gasteiger partial charge in [0.1, 0.15) is 0 Å². The lowest BCUT2D eigenvalue weighted by atomic mass is 10.1. The molecule has 0 unspecified atom stereocenters. The molecule has 3 aromatic rings. The minimum atomic E-state index is -0.239. The van der Waals surface area contributed by atoms with Gasteiger partial charge in [0.05, 0.1) is 7.11 Å². The average Bonchev–Trinajstić information content (AvgIpc) is 2.73. The third kappa shape index (κ3) is 5.90. The van der Waals surface area contributed by atoms with Crippen molar-refractivity contribution < 1.29 is 14.3 Å². The summed E-state index contributed by atoms with van der Waals surface area (Å²) in [5.41, 5.74) is 3.67. The monoisotopic (exact) mass is 410 g/mol. The van der Waals surface area contributed by atoms with Crippen LogP contribution in [0, 0.1) is 6.92 Å². The minimum absolute atomic E-state index is 0.123. The summed E-state index contributed by atoms with van der Waals surface area (Å²) in [6.07, 6.45) is 0. The zero-order chi connectivity index (χ0) is 20.6. The fourth-order valence-corrected chi connectivity index (χ4v) is 2.89. The second-order valence-corrected chi connectivity index (χ2v) is 6.95. The summed E-state index contributed by atoms with van der Waals surface area (Å²) in [7, 11) is 1.57. The second-order valence-electron chi connectivity index (χ2n) is 6.51. The van der Waals surface area contributed by atoms with Crippen molar-refractivity contribution in [3.05, 3.63) is 82.9 Å². The molecule has 0 aliphatic carbocycles. The standard InChI is InChI=1S/C23H23ClN2O3/c1-16-6-10-20(11-7-16)26-22(27)15-29-23-17(4-3-5-21(23)28-2)14-25-19-12-8-18(24)9-13-19/h3-13,25H,14-15H2,1-2H3,(H,26,27). The summed E-state index contributed by atoms with van der Waals surface area (Å²) < 4.78 is 11.2. The van der Waals surface area contributed by atoms with Crippen molar-refractivity contribution in [1.29, 1.82) is 0 Å². The van der Waals surface area contributed by atoms with Crippen molar-refractivity contribution in [3.8, 4) is 11.5 Å². The summed E-state index contributed by atoms with van der Waals surface area (Å²) in [5.74, 6) is 0.871. The molecule has 0 saturated carbocycles. The molecule has 0 atom stereocenters. The van der Waals surface area contributed by atoms with Gasteiger partial charge < -0.3 is 20.1 Å². The minimum Gasteiger partial charge on any atom is -0.493 e. The SMILES string of the molecule is COc1cccc(CNc2ccc(Cl)cc2)c1OCC(=O)Nc1ccc(C)cc1. The third-order valence-corrected chi connectivity index (χ3v) is 4.54. The third-order valence-electron chi connectivity index (χ3n) is 4.29. The molecule has 6 heteroatoms. The van der Waals surface area contributed by atoms with Gasteiger partial charge in [-0.05, 0) is 49.4 Å². The Morgan fingerprint density at radius 2 is 1.66 bits per heavy atom. The van der Waals surface area contributed by atoms with Gasteiger partial charge in [0.25, 0.3) is 5.91 Å². The van der Waals surface area contributed by atoms with Gasteiger partial charge >= 0.3 is 0 Å². The highest BCUT2D eigenvalue weighted by Gasteiger charge is 2.13. The van der Waals surface area contributed by atoms with E-state index in [0.29, 0.717) is 23.1 Å². The smallest absolute Gasteiger partial charge is 0.262 e. The fraction of sp³-hybridized carbons (Fsp3) is 0.174. The Balaban J connectivity index is 1.66. The van der Waals surface area contributed by atoms with Gasteiger partial charge in [-0.2, -0.15) is 0 Å². The van der Waals surface area contributed by atoms with E-state index in [-0.39, 0.29) is 12.5 Å². The van der Waals surface area contributed by atoms with E-state index in [1.807, 2.05) is 67.6 Å². The second kappa shape index (κ2) is 9.85. The largest absolute Gasteiger partial charge is 0.493 e. The molecule has 1 amide bonds. The van der Waals surface area contributed by atoms with Crippen LogP contribution in [0.25, 0.3) is 0 Å². The molecule has 0 heterocycles. The predicted molar refractivity (Wildman–Crippen MR) is 117 cm³/mol. The Hall–Kier alpha value is -3.18. The molecule has 0 aliphatic heterocycles. The number of aryl methyl sites for hydroxylation is 1. The van der Waals surface area contributed by atoms with E-state index in [1.165, 1.54) is 0 Å². The first kappa shape index (κ1) is 20.6. The molecular weight excluding hydrogens is 388 g/mol. The number of halogens is 1. The number of methoxy groups -OCH3 is 1. The number of rotatable bonds is 8. The molecule has 3 rings (SSSR count). The highest BCUT2D eigenvalue weighted by atomic mass is 35.5. The van der Waals surface area contributed by atoms with Gasteiger partial charge in [-0.25, -0.2) is 0 Å². The van der Waals surface area contributed by atoms with Gasteiger partial charge in [-0.15, -0.1) is 0 Å². The number of ether oxygens (including phenoxy) is 2. The van der Waals surface area contributed by atoms with Crippen LogP contribution in [-0.4, -0.2) is 19.6 Å². The first-order valence-electron chi connectivity index (χ1n) is 9.20. The Morgan fingerprint density at radius 3 is 2.34 bits per heavy atom. The molecule has 5 nitrogen and oxygen atoms in total. The summed E-state index contributed by atoms with van der Waals surface area (Å²) in [6, 6.07) is 20.7. The molecule has 0 fully saturated rings. The number of hydrogen-bond donors (Lipinski definition) is 2. The molecular formula is C23H23ClN2O3. The van der Waals surface area contributed by atoms with Gasteiger partial charge in [-0.1, -0.05) is 41.4 Å². The summed E-state index contributed by atoms with van der Waals surface area (Å²) in [4.78, 5) is 12.3. The van der Waals surface area contributed by atoms with Gasteiger partial charge in [0.2, 0.25) is 0 Å². The number of anilines is 2. The van der Waals surface area contributed by atoms with E-state index in [0.717, 1.165) is 22.5 Å². The van der Waals surface area contributed by atoms with Crippen LogP contribution < -0.4 is 20.1 Å². The Bertz CT molecular complexity index is 957. The number of nitrogens with one attached hydrogen (secondary N) is 2. The van der Waals surface area contributed by atoms with Crippen LogP contribution in [0.3, 0.4) is 0 Å². The molecule has 29 heavy (non-hydrogen) atoms. The normalized spacial score (nSPS) is 10.3. The van der Waals surface area contributed by atoms with Gasteiger partial charge in [0.15, 0.2) is 18.1 Å². The lowest BCUT2D eigenvalue weighted by Crippen LogP contribution is -2.21. The fourth-order valence-electron chi connectivity index (χ4n) is 2.76. The summed E-state index contributed by atoms with van der Waals surface area (Å²) >= 11 is 5.93. The number of benzene rings is 3. The van der Waals surface area contributed by atoms with E-state index in [9.17, 15) is 4.79 Å². The van der Waals surface area contributed by atoms with E-state index < -0.39 is 0 Å². The number of para-hydroxylation sites is 1. The number of amides is 1. The molecule has 3 aromatic carbocycles. The first-order valence-corrected chi connectivity index (χ1v) is 9.57. The van der Waals surface area contributed by atoms with Crippen molar-refractivity contribution in [1.82, 2.24) is 0 Å². The van der Waals surface area contributed by atoms with Crippen LogP contribution in [0.2, 0.25) is 5.02 Å². The number of hydrogen-bond acceptors (Lipinski definition) is 4. The number of carbonyl (C=O) groups is 1. The van der Waals surface area contributed by atoms with Crippen LogP contribution in [-0.2, 0) is 11.3 Å². The van der Waals surface area contributed by atoms with Crippen LogP contribution in [0.5, 0.6) is 11.5 Å². The highest BCUT2D eigenvalue weighted by Crippen LogP contribution is 2.31. The maximum Gasteiger partial charge on any atom is 0.262 e. The predicted octanol–water partition coefficient (Wildman–Crippen LogP) is 5.29. The van der Waals surface area contributed by atoms with Crippen LogP contribution in [0.15, 0.2) is 66.7 Å². The molecule has 0 aliphatic rings. The summed E-state index contributed by atoms with van der Waals surface area (Å²) in [6.45, 7) is 2.38. The molecule has 0 spiro atoms. The summed E-state index contributed by atoms with van der Waals surface area (Å²) in [5, 5.41) is 6.83. The topological polar surface area (TPSA) is 59.6 Å². The maximum atomic E-state index is 12.3. The number of carbonyl (C=O) groups excluding carboxylic acids is 1. The Kier molecular flexibility index (Phi) is 6.98. The Labute approximate surface area is 175 Å². The zero-order valence-corrected chi connectivity index (χ0v) is 17.1. The van der Waals surface area contributed by atoms with Crippen molar-refractivity contribution in [2.24, 2.45) is 0 Å². The molecule has 2 N–H and O–H groups in total. The van der Waals surface area contributed by atoms with Gasteiger partial charge in [-0.3, -0.25) is 4.79 Å². The molecule has 0 radical (unpaired) electrons. The van der Waals surface area contributed by atoms with Crippen LogP contribution in [0.4, 0.5) is 11.4 Å². The van der Waals surface area contributed by atoms with Crippen molar-refractivity contribution in [2.45, 2.75) is 13.5 Å². The van der Waals surface area contributed by atoms with Crippen LogP contribution >= 0.6 is 11.6 Å². The van der Waals surface area contributed by atoms with E-state index in [1.54, 1.807) is 13.2 Å². The lowest BCUT2D eigenvalue weighted by molar-refractivity contribution is -0.118. The van der Waals surface area contributed by atoms with Gasteiger partial charge in [0, 0.05) is 28.5 Å². The van der Waals surface area contributed by atoms with Crippen molar-refractivity contribution in [2.75, 3.05) is 24.4 Å². The van der Waals surface area contributed by atoms with Crippen molar-refractivity contribution in [3.63, 3.8) is 0 Å². The van der Waals surface area contributed by atoms with Crippen LogP contribution in [0.1, 0.15) is 11.1 Å². The molecule has 0 aromatic heterocycles. The lowest BCUT2D eigenvalue weighted by Gasteiger charge is -2.16. The average molecular weight is 411 g/mol. The molecule has 0 bridgehead atoms. The van der Waals surface area contributed by atoms with E-state index >= 15 is 0 Å². The molecule has 0 saturated heterocycles. The van der Waals surface area contributed by atoms with E-state index in [2.05, 4.69) is 10.6 Å². The quantitative estimate of drug-likeness (QED) is 0.530. The first-order chi connectivity index (χ1) is 14.0. The Morgan fingerprint density at radius 1 is 0.966 bits per heavy atom. The highest BCUT2D eigenvalue weighted by molar-refractivity contribution is 6.30. The van der Waals surface area contributed by atoms with Crippen molar-refractivity contribution >= 4 is 28.9 Å². The molecule has 150 valence electrons. The maximum absolute atomic E-state index is 12.3. The van der Waals surface area contributed by atoms with E-state index in [4.69, 9.17) is 21.1 Å².